The van der Waals surface area contributed by atoms with Crippen LogP contribution in [0, 0.1) is 0 Å². The van der Waals surface area contributed by atoms with E-state index in [1.807, 2.05) is 28.0 Å². The molecule has 1 atom stereocenters. The Balaban J connectivity index is 1.28. The summed E-state index contributed by atoms with van der Waals surface area (Å²) in [6.45, 7) is 3.52. The van der Waals surface area contributed by atoms with E-state index < -0.39 is 11.9 Å². The van der Waals surface area contributed by atoms with Crippen molar-refractivity contribution in [1.82, 2.24) is 14.9 Å². The molecular formula is C27H29F3N5O3S+. The number of carbonyl (C=O) groups is 1. The van der Waals surface area contributed by atoms with E-state index in [1.165, 1.54) is 14.2 Å². The van der Waals surface area contributed by atoms with Crippen LogP contribution in [0.1, 0.15) is 5.69 Å². The molecule has 39 heavy (non-hydrogen) atoms. The third kappa shape index (κ3) is 4.44. The number of methoxy groups -OCH3 is 2. The van der Waals surface area contributed by atoms with Crippen LogP contribution in [0.15, 0.2) is 53.9 Å². The zero-order valence-corrected chi connectivity index (χ0v) is 22.5. The van der Waals surface area contributed by atoms with E-state index >= 15 is 0 Å². The number of aromatic nitrogens is 1. The largest absolute Gasteiger partial charge is 0.497 e. The molecule has 6 rings (SSSR count). The molecule has 4 aliphatic heterocycles. The van der Waals surface area contributed by atoms with Crippen LogP contribution < -0.4 is 14.4 Å². The van der Waals surface area contributed by atoms with Crippen LogP contribution in [0.4, 0.5) is 18.9 Å². The molecule has 5 heterocycles. The molecule has 0 spiro atoms. The maximum absolute atomic E-state index is 13.9. The summed E-state index contributed by atoms with van der Waals surface area (Å²) in [7, 11) is 2.91. The van der Waals surface area contributed by atoms with Crippen molar-refractivity contribution in [3.05, 3.63) is 59.6 Å². The van der Waals surface area contributed by atoms with Gasteiger partial charge in [0, 0.05) is 54.7 Å². The summed E-state index contributed by atoms with van der Waals surface area (Å²) in [4.78, 5) is 20.9. The fraction of sp³-hybridized carbons (Fsp3) is 0.407. The predicted octanol–water partition coefficient (Wildman–Crippen LogP) is 4.01. The number of ether oxygens (including phenoxy) is 2. The molecule has 0 radical (unpaired) electrons. The van der Waals surface area contributed by atoms with Gasteiger partial charge in [-0.15, -0.1) is 16.8 Å². The molecule has 2 fully saturated rings. The van der Waals surface area contributed by atoms with Gasteiger partial charge in [-0.1, -0.05) is 0 Å². The minimum atomic E-state index is -4.60. The topological polar surface area (TPSA) is 58.1 Å². The van der Waals surface area contributed by atoms with Crippen molar-refractivity contribution in [2.24, 2.45) is 0 Å². The number of hydrogen-bond donors (Lipinski definition) is 0. The van der Waals surface area contributed by atoms with Gasteiger partial charge >= 0.3 is 6.18 Å². The number of halogens is 3. The lowest BCUT2D eigenvalue weighted by Gasteiger charge is -2.44. The summed E-state index contributed by atoms with van der Waals surface area (Å²) in [5.74, 6) is 2.47. The lowest BCUT2D eigenvalue weighted by atomic mass is 10.1. The lowest BCUT2D eigenvalue weighted by Crippen LogP contribution is -2.60. The fourth-order valence-corrected chi connectivity index (χ4v) is 6.72. The Hall–Kier alpha value is -3.22. The summed E-state index contributed by atoms with van der Waals surface area (Å²) in [6, 6.07) is 4.37. The van der Waals surface area contributed by atoms with Gasteiger partial charge < -0.3 is 19.3 Å². The highest BCUT2D eigenvalue weighted by Crippen LogP contribution is 2.42. The van der Waals surface area contributed by atoms with Gasteiger partial charge in [-0.2, -0.15) is 17.8 Å². The molecule has 12 heteroatoms. The molecule has 0 N–H and O–H groups in total. The summed E-state index contributed by atoms with van der Waals surface area (Å²) >= 11 is 1.76. The second-order valence-electron chi connectivity index (χ2n) is 9.88. The number of amides is 1. The number of piperazine rings is 1. The van der Waals surface area contributed by atoms with Gasteiger partial charge in [-0.25, -0.2) is 4.98 Å². The SMILES string of the molecule is COc1cc(OC)c2nc(C(F)(F)F)cc(N3CCN([N@@+]45C=CC=C4C=C(C(=O)N4CCSC4)C5)CC3)c2c1. The van der Waals surface area contributed by atoms with Crippen molar-refractivity contribution in [1.29, 1.82) is 0 Å². The Morgan fingerprint density at radius 1 is 1.08 bits per heavy atom. The first-order valence-electron chi connectivity index (χ1n) is 12.7. The Kier molecular flexibility index (Phi) is 6.51. The first-order chi connectivity index (χ1) is 18.7. The number of quaternary nitrogens is 1. The average molecular weight is 561 g/mol. The molecule has 206 valence electrons. The highest BCUT2D eigenvalue weighted by Gasteiger charge is 2.48. The first-order valence-corrected chi connectivity index (χ1v) is 13.9. The normalized spacial score (nSPS) is 23.3. The summed E-state index contributed by atoms with van der Waals surface area (Å²) < 4.78 is 52.8. The Bertz CT molecular complexity index is 1410. The second kappa shape index (κ2) is 9.76. The molecule has 1 aromatic carbocycles. The molecule has 0 bridgehead atoms. The van der Waals surface area contributed by atoms with Crippen LogP contribution in [-0.2, 0) is 11.0 Å². The van der Waals surface area contributed by atoms with Crippen molar-refractivity contribution in [3.63, 3.8) is 0 Å². The van der Waals surface area contributed by atoms with E-state index in [-0.39, 0.29) is 17.2 Å². The molecule has 8 nitrogen and oxygen atoms in total. The number of benzene rings is 1. The van der Waals surface area contributed by atoms with E-state index in [1.54, 1.807) is 23.9 Å². The van der Waals surface area contributed by atoms with Crippen molar-refractivity contribution in [3.8, 4) is 11.5 Å². The summed E-state index contributed by atoms with van der Waals surface area (Å²) in [5.41, 5.74) is 1.47. The van der Waals surface area contributed by atoms with E-state index in [0.29, 0.717) is 54.1 Å². The average Bonchev–Trinajstić information content (AvgIpc) is 3.68. The van der Waals surface area contributed by atoms with Crippen molar-refractivity contribution in [2.45, 2.75) is 6.18 Å². The number of anilines is 1. The Morgan fingerprint density at radius 2 is 1.87 bits per heavy atom. The smallest absolute Gasteiger partial charge is 0.433 e. The number of nitrogens with zero attached hydrogens (tertiary/aromatic N) is 5. The number of rotatable bonds is 5. The zero-order valence-electron chi connectivity index (χ0n) is 21.7. The third-order valence-electron chi connectivity index (χ3n) is 7.77. The Morgan fingerprint density at radius 3 is 2.54 bits per heavy atom. The number of allylic oxidation sites excluding steroid dienone is 3. The summed E-state index contributed by atoms with van der Waals surface area (Å²) in [5, 5.41) is 2.83. The fourth-order valence-electron chi connectivity index (χ4n) is 5.78. The minimum absolute atomic E-state index is 0.0886. The number of alkyl halides is 3. The molecule has 0 aliphatic carbocycles. The highest BCUT2D eigenvalue weighted by atomic mass is 32.2. The molecule has 1 amide bonds. The van der Waals surface area contributed by atoms with Crippen molar-refractivity contribution in [2.75, 3.05) is 70.0 Å². The van der Waals surface area contributed by atoms with E-state index in [2.05, 4.69) is 16.2 Å². The van der Waals surface area contributed by atoms with Gasteiger partial charge in [0.15, 0.2) is 5.70 Å². The van der Waals surface area contributed by atoms with Gasteiger partial charge in [-0.05, 0) is 18.2 Å². The van der Waals surface area contributed by atoms with E-state index in [4.69, 9.17) is 9.47 Å². The Labute approximate surface area is 228 Å². The van der Waals surface area contributed by atoms with Gasteiger partial charge in [-0.3, -0.25) is 4.79 Å². The van der Waals surface area contributed by atoms with Gasteiger partial charge in [0.2, 0.25) is 0 Å². The number of carbonyl (C=O) groups excluding carboxylic acids is 1. The molecule has 0 saturated carbocycles. The molecule has 2 aromatic rings. The van der Waals surface area contributed by atoms with Crippen LogP contribution in [-0.4, -0.2) is 90.5 Å². The van der Waals surface area contributed by atoms with E-state index in [0.717, 1.165) is 35.5 Å². The standard InChI is InChI=1S/C27H29F3N5O3S/c1-37-20-13-21-22(15-24(27(28,29)30)31-25(21)23(14-20)38-2)32-5-7-34(8-6-32)35-10-3-4-19(35)12-18(16-35)26(36)33-9-11-39-17-33/h3-4,10,12-15H,5-9,11,16-17H2,1-2H3/q+1/t35-/m1/s1. The highest BCUT2D eigenvalue weighted by molar-refractivity contribution is 7.99. The maximum Gasteiger partial charge on any atom is 0.433 e. The van der Waals surface area contributed by atoms with Crippen LogP contribution in [0.25, 0.3) is 10.9 Å². The van der Waals surface area contributed by atoms with Crippen LogP contribution in [0.5, 0.6) is 11.5 Å². The van der Waals surface area contributed by atoms with Crippen LogP contribution in [0.2, 0.25) is 0 Å². The monoisotopic (exact) mass is 560 g/mol. The molecule has 0 unspecified atom stereocenters. The van der Waals surface area contributed by atoms with Crippen molar-refractivity contribution >= 4 is 34.3 Å². The second-order valence-corrected chi connectivity index (χ2v) is 11.0. The lowest BCUT2D eigenvalue weighted by molar-refractivity contribution is -0.948. The van der Waals surface area contributed by atoms with Gasteiger partial charge in [0.25, 0.3) is 5.91 Å². The molecular weight excluding hydrogens is 531 g/mol. The molecule has 1 aromatic heterocycles. The quantitative estimate of drug-likeness (QED) is 0.513. The number of hydrogen-bond acceptors (Lipinski definition) is 7. The third-order valence-corrected chi connectivity index (χ3v) is 8.74. The van der Waals surface area contributed by atoms with Gasteiger partial charge in [0.1, 0.15) is 35.5 Å². The predicted molar refractivity (Wildman–Crippen MR) is 143 cm³/mol. The molecule has 4 aliphatic rings. The zero-order chi connectivity index (χ0) is 27.4. The van der Waals surface area contributed by atoms with Crippen molar-refractivity contribution < 1.29 is 32.0 Å². The number of fused-ring (bicyclic) bond motifs is 2. The number of thioether (sulfide) groups is 1. The summed E-state index contributed by atoms with van der Waals surface area (Å²) in [6.07, 6.45) is 3.54. The first kappa shape index (κ1) is 26.0. The van der Waals surface area contributed by atoms with Crippen LogP contribution in [0.3, 0.4) is 0 Å². The van der Waals surface area contributed by atoms with E-state index in [9.17, 15) is 18.0 Å². The van der Waals surface area contributed by atoms with Crippen LogP contribution >= 0.6 is 11.8 Å². The maximum atomic E-state index is 13.9. The molecule has 2 saturated heterocycles. The van der Waals surface area contributed by atoms with Gasteiger partial charge in [0.05, 0.1) is 38.8 Å². The number of pyridine rings is 1. The minimum Gasteiger partial charge on any atom is -0.497 e.